The highest BCUT2D eigenvalue weighted by Gasteiger charge is 2.04. The first-order chi connectivity index (χ1) is 8.56. The number of hydrogen-bond acceptors (Lipinski definition) is 4. The Morgan fingerprint density at radius 3 is 2.83 bits per heavy atom. The van der Waals surface area contributed by atoms with Crippen molar-refractivity contribution in [2.24, 2.45) is 0 Å². The Hall–Kier alpha value is -1.07. The van der Waals surface area contributed by atoms with Crippen molar-refractivity contribution < 1.29 is 0 Å². The van der Waals surface area contributed by atoms with Gasteiger partial charge in [0.1, 0.15) is 0 Å². The van der Waals surface area contributed by atoms with Gasteiger partial charge in [0.05, 0.1) is 10.7 Å². The maximum absolute atomic E-state index is 5.85. The lowest BCUT2D eigenvalue weighted by Gasteiger charge is -2.10. The summed E-state index contributed by atoms with van der Waals surface area (Å²) in [5.74, 6) is 0. The molecule has 96 valence electrons. The molecule has 0 spiro atoms. The Balaban J connectivity index is 1.96. The van der Waals surface area contributed by atoms with E-state index in [4.69, 9.17) is 5.73 Å². The number of thiazole rings is 1. The van der Waals surface area contributed by atoms with Crippen LogP contribution in [0.3, 0.4) is 0 Å². The molecule has 3 N–H and O–H groups in total. The fourth-order valence-electron chi connectivity index (χ4n) is 1.68. The van der Waals surface area contributed by atoms with Gasteiger partial charge in [-0.15, -0.1) is 11.3 Å². The van der Waals surface area contributed by atoms with E-state index in [-0.39, 0.29) is 0 Å². The quantitative estimate of drug-likeness (QED) is 0.841. The number of anilines is 2. The van der Waals surface area contributed by atoms with Gasteiger partial charge in [-0.05, 0) is 47.5 Å². The van der Waals surface area contributed by atoms with Gasteiger partial charge in [-0.2, -0.15) is 0 Å². The monoisotopic (exact) mass is 325 g/mol. The lowest BCUT2D eigenvalue weighted by atomic mass is 10.2. The number of hydrogen-bond donors (Lipinski definition) is 2. The van der Waals surface area contributed by atoms with E-state index >= 15 is 0 Å². The number of nitrogens with two attached hydrogens (primary N) is 1. The number of nitrogens with one attached hydrogen (secondary N) is 1. The third-order valence-electron chi connectivity index (χ3n) is 2.72. The molecule has 18 heavy (non-hydrogen) atoms. The number of aromatic nitrogens is 1. The van der Waals surface area contributed by atoms with Gasteiger partial charge >= 0.3 is 0 Å². The van der Waals surface area contributed by atoms with E-state index in [0.29, 0.717) is 0 Å². The zero-order valence-electron chi connectivity index (χ0n) is 10.5. The average Bonchev–Trinajstić information content (AvgIpc) is 2.71. The number of halogens is 1. The van der Waals surface area contributed by atoms with Crippen molar-refractivity contribution >= 4 is 38.6 Å². The van der Waals surface area contributed by atoms with Crippen LogP contribution >= 0.6 is 27.3 Å². The predicted molar refractivity (Wildman–Crippen MR) is 82.3 cm³/mol. The summed E-state index contributed by atoms with van der Waals surface area (Å²) in [4.78, 5) is 4.44. The van der Waals surface area contributed by atoms with Gasteiger partial charge < -0.3 is 11.1 Å². The van der Waals surface area contributed by atoms with Crippen molar-refractivity contribution in [2.45, 2.75) is 20.3 Å². The van der Waals surface area contributed by atoms with Crippen LogP contribution in [0.1, 0.15) is 16.3 Å². The van der Waals surface area contributed by atoms with Crippen LogP contribution in [-0.2, 0) is 6.42 Å². The molecule has 0 saturated heterocycles. The molecule has 0 aliphatic carbocycles. The van der Waals surface area contributed by atoms with Crippen molar-refractivity contribution in [3.63, 3.8) is 0 Å². The van der Waals surface area contributed by atoms with Crippen molar-refractivity contribution in [1.29, 1.82) is 0 Å². The lowest BCUT2D eigenvalue weighted by molar-refractivity contribution is 0.967. The summed E-state index contributed by atoms with van der Waals surface area (Å²) in [6, 6.07) is 4.00. The molecule has 0 fully saturated rings. The van der Waals surface area contributed by atoms with Crippen LogP contribution in [0.5, 0.6) is 0 Å². The Labute approximate surface area is 120 Å². The molecular formula is C13H16BrN3S. The third-order valence-corrected chi connectivity index (χ3v) is 4.20. The predicted octanol–water partition coefficient (Wildman–Crippen LogP) is 3.76. The Morgan fingerprint density at radius 1 is 1.39 bits per heavy atom. The zero-order chi connectivity index (χ0) is 13.1. The molecule has 0 unspecified atom stereocenters. The van der Waals surface area contributed by atoms with Crippen LogP contribution < -0.4 is 11.1 Å². The van der Waals surface area contributed by atoms with Crippen molar-refractivity contribution in [3.05, 3.63) is 38.3 Å². The summed E-state index contributed by atoms with van der Waals surface area (Å²) in [6.07, 6.45) is 0.931. The number of benzene rings is 1. The van der Waals surface area contributed by atoms with E-state index in [9.17, 15) is 0 Å². The third kappa shape index (κ3) is 3.23. The average molecular weight is 326 g/mol. The number of rotatable bonds is 4. The van der Waals surface area contributed by atoms with Gasteiger partial charge in [0.15, 0.2) is 0 Å². The molecular weight excluding hydrogens is 310 g/mol. The summed E-state index contributed by atoms with van der Waals surface area (Å²) in [6.45, 7) is 4.91. The smallest absolute Gasteiger partial charge is 0.0897 e. The summed E-state index contributed by atoms with van der Waals surface area (Å²) in [5, 5.41) is 6.63. The molecule has 2 rings (SSSR count). The lowest BCUT2D eigenvalue weighted by Crippen LogP contribution is -2.06. The molecule has 5 heteroatoms. The van der Waals surface area contributed by atoms with Crippen LogP contribution in [0.25, 0.3) is 0 Å². The molecule has 0 amide bonds. The molecule has 1 aromatic heterocycles. The minimum atomic E-state index is 0.808. The van der Waals surface area contributed by atoms with E-state index in [0.717, 1.165) is 45.1 Å². The van der Waals surface area contributed by atoms with Crippen LogP contribution in [0.4, 0.5) is 11.4 Å². The molecule has 0 aliphatic rings. The van der Waals surface area contributed by atoms with Crippen molar-refractivity contribution in [1.82, 2.24) is 4.98 Å². The molecule has 0 saturated carbocycles. The Morgan fingerprint density at radius 2 is 2.17 bits per heavy atom. The highest BCUT2D eigenvalue weighted by Crippen LogP contribution is 2.27. The second-order valence-corrected chi connectivity index (χ2v) is 6.14. The second kappa shape index (κ2) is 5.71. The normalized spacial score (nSPS) is 10.6. The standard InChI is InChI=1S/C13H16BrN3S/c1-8-5-13(11(14)6-12(8)15)16-4-3-10-7-18-9(2)17-10/h5-7,16H,3-4,15H2,1-2H3. The largest absolute Gasteiger partial charge is 0.398 e. The summed E-state index contributed by atoms with van der Waals surface area (Å²) in [7, 11) is 0. The van der Waals surface area contributed by atoms with Gasteiger partial charge in [-0.25, -0.2) is 4.98 Å². The van der Waals surface area contributed by atoms with E-state index < -0.39 is 0 Å². The fourth-order valence-corrected chi connectivity index (χ4v) is 2.83. The first-order valence-electron chi connectivity index (χ1n) is 5.77. The topological polar surface area (TPSA) is 50.9 Å². The van der Waals surface area contributed by atoms with E-state index in [2.05, 4.69) is 37.7 Å². The van der Waals surface area contributed by atoms with Gasteiger partial charge in [-0.1, -0.05) is 0 Å². The minimum Gasteiger partial charge on any atom is -0.398 e. The van der Waals surface area contributed by atoms with Gasteiger partial charge in [0.25, 0.3) is 0 Å². The van der Waals surface area contributed by atoms with Crippen LogP contribution in [-0.4, -0.2) is 11.5 Å². The van der Waals surface area contributed by atoms with Gasteiger partial charge in [-0.3, -0.25) is 0 Å². The summed E-state index contributed by atoms with van der Waals surface area (Å²) in [5.41, 5.74) is 9.97. The molecule has 0 aliphatic heterocycles. The molecule has 1 aromatic carbocycles. The van der Waals surface area contributed by atoms with Crippen LogP contribution in [0.2, 0.25) is 0 Å². The van der Waals surface area contributed by atoms with E-state index in [1.54, 1.807) is 11.3 Å². The van der Waals surface area contributed by atoms with Gasteiger partial charge in [0.2, 0.25) is 0 Å². The molecule has 2 aromatic rings. The van der Waals surface area contributed by atoms with Crippen LogP contribution in [0, 0.1) is 13.8 Å². The van der Waals surface area contributed by atoms with E-state index in [1.807, 2.05) is 19.9 Å². The Bertz CT molecular complexity index is 551. The molecule has 0 atom stereocenters. The second-order valence-electron chi connectivity index (χ2n) is 4.22. The summed E-state index contributed by atoms with van der Waals surface area (Å²) < 4.78 is 1.00. The highest BCUT2D eigenvalue weighted by molar-refractivity contribution is 9.10. The number of nitrogens with zero attached hydrogens (tertiary/aromatic N) is 1. The van der Waals surface area contributed by atoms with Crippen LogP contribution in [0.15, 0.2) is 22.0 Å². The minimum absolute atomic E-state index is 0.808. The number of nitrogen functional groups attached to an aromatic ring is 1. The van der Waals surface area contributed by atoms with E-state index in [1.165, 1.54) is 0 Å². The molecule has 0 radical (unpaired) electrons. The summed E-state index contributed by atoms with van der Waals surface area (Å²) >= 11 is 5.21. The molecule has 1 heterocycles. The zero-order valence-corrected chi connectivity index (χ0v) is 12.9. The Kier molecular flexibility index (Phi) is 4.24. The fraction of sp³-hybridized carbons (Fsp3) is 0.308. The number of aryl methyl sites for hydroxylation is 2. The van der Waals surface area contributed by atoms with Crippen molar-refractivity contribution in [3.8, 4) is 0 Å². The maximum atomic E-state index is 5.85. The molecule has 3 nitrogen and oxygen atoms in total. The SMILES string of the molecule is Cc1nc(CCNc2cc(C)c(N)cc2Br)cs1. The van der Waals surface area contributed by atoms with Gasteiger partial charge in [0, 0.05) is 34.2 Å². The van der Waals surface area contributed by atoms with Crippen molar-refractivity contribution in [2.75, 3.05) is 17.6 Å². The highest BCUT2D eigenvalue weighted by atomic mass is 79.9. The first kappa shape index (κ1) is 13.4. The molecule has 0 bridgehead atoms. The maximum Gasteiger partial charge on any atom is 0.0897 e. The first-order valence-corrected chi connectivity index (χ1v) is 7.44.